The molecule has 6 heteroatoms. The Labute approximate surface area is 125 Å². The molecular weight excluding hydrogens is 287 g/mol. The molecule has 2 N–H and O–H groups in total. The number of H-pyrrole nitrogens is 1. The van der Waals surface area contributed by atoms with Crippen LogP contribution in [0, 0.1) is 19.7 Å². The van der Waals surface area contributed by atoms with Gasteiger partial charge in [0.25, 0.3) is 5.91 Å². The number of carbonyl (C=O) groups excluding carboxylic acids is 1. The third-order valence-electron chi connectivity index (χ3n) is 3.59. The minimum Gasteiger partial charge on any atom is -0.464 e. The van der Waals surface area contributed by atoms with Crippen LogP contribution in [0.3, 0.4) is 0 Å². The average Bonchev–Trinajstić information content (AvgIpc) is 2.88. The molecule has 3 rings (SSSR count). The Morgan fingerprint density at radius 1 is 1.32 bits per heavy atom. The van der Waals surface area contributed by atoms with Crippen LogP contribution in [0.4, 0.5) is 14.9 Å². The van der Waals surface area contributed by atoms with E-state index in [-0.39, 0.29) is 16.8 Å². The van der Waals surface area contributed by atoms with Crippen LogP contribution in [-0.4, -0.2) is 22.1 Å². The Morgan fingerprint density at radius 3 is 2.64 bits per heavy atom. The van der Waals surface area contributed by atoms with Gasteiger partial charge in [0.1, 0.15) is 5.82 Å². The van der Waals surface area contributed by atoms with Gasteiger partial charge in [0.05, 0.1) is 11.3 Å². The summed E-state index contributed by atoms with van der Waals surface area (Å²) in [6.07, 6.45) is 0.173. The first-order valence-corrected chi connectivity index (χ1v) is 6.63. The van der Waals surface area contributed by atoms with Crippen molar-refractivity contribution >= 4 is 29.3 Å². The molecule has 2 aromatic rings. The van der Waals surface area contributed by atoms with Crippen molar-refractivity contribution in [2.75, 3.05) is 4.90 Å². The van der Waals surface area contributed by atoms with Crippen LogP contribution < -0.4 is 4.90 Å². The van der Waals surface area contributed by atoms with Gasteiger partial charge in [0, 0.05) is 17.0 Å². The fourth-order valence-electron chi connectivity index (χ4n) is 2.64. The van der Waals surface area contributed by atoms with Crippen molar-refractivity contribution in [3.05, 3.63) is 52.6 Å². The van der Waals surface area contributed by atoms with E-state index < -0.39 is 17.8 Å². The molecule has 0 spiro atoms. The second-order valence-corrected chi connectivity index (χ2v) is 5.19. The Kier molecular flexibility index (Phi) is 3.09. The van der Waals surface area contributed by atoms with Gasteiger partial charge in [-0.2, -0.15) is 0 Å². The largest absolute Gasteiger partial charge is 0.464 e. The highest BCUT2D eigenvalue weighted by molar-refractivity contribution is 6.41. The number of rotatable bonds is 1. The zero-order valence-electron chi connectivity index (χ0n) is 12.0. The smallest absolute Gasteiger partial charge is 0.419 e. The minimum atomic E-state index is -1.39. The molecule has 0 fully saturated rings. The average molecular weight is 300 g/mol. The molecule has 5 nitrogen and oxygen atoms in total. The Hall–Kier alpha value is -2.89. The molecular formula is C16H13FN2O3. The molecule has 0 bridgehead atoms. The molecule has 1 aromatic carbocycles. The molecule has 1 aromatic heterocycles. The predicted octanol–water partition coefficient (Wildman–Crippen LogP) is 3.34. The minimum absolute atomic E-state index is 0.154. The van der Waals surface area contributed by atoms with Crippen LogP contribution in [0.1, 0.15) is 22.5 Å². The topological polar surface area (TPSA) is 73.4 Å². The van der Waals surface area contributed by atoms with Crippen molar-refractivity contribution in [1.29, 1.82) is 0 Å². The summed E-state index contributed by atoms with van der Waals surface area (Å²) in [7, 11) is 0. The molecule has 22 heavy (non-hydrogen) atoms. The van der Waals surface area contributed by atoms with Crippen LogP contribution >= 0.6 is 0 Å². The number of nitrogens with one attached hydrogen (secondary N) is 1. The number of nitrogens with zero attached hydrogens (tertiary/aromatic N) is 1. The fourth-order valence-corrected chi connectivity index (χ4v) is 2.64. The van der Waals surface area contributed by atoms with Crippen molar-refractivity contribution in [2.24, 2.45) is 0 Å². The Balaban J connectivity index is 2.21. The van der Waals surface area contributed by atoms with E-state index in [2.05, 4.69) is 4.98 Å². The van der Waals surface area contributed by atoms with E-state index in [1.54, 1.807) is 6.08 Å². The summed E-state index contributed by atoms with van der Waals surface area (Å²) in [5.41, 5.74) is 3.14. The summed E-state index contributed by atoms with van der Waals surface area (Å²) >= 11 is 0. The third-order valence-corrected chi connectivity index (χ3v) is 3.59. The zero-order valence-corrected chi connectivity index (χ0v) is 12.0. The number of amides is 2. The van der Waals surface area contributed by atoms with Crippen molar-refractivity contribution in [3.63, 3.8) is 0 Å². The number of hydrogen-bond donors (Lipinski definition) is 2. The zero-order chi connectivity index (χ0) is 16.0. The molecule has 2 amide bonds. The fraction of sp³-hybridized carbons (Fsp3) is 0.125. The lowest BCUT2D eigenvalue weighted by Gasteiger charge is -2.09. The lowest BCUT2D eigenvalue weighted by Crippen LogP contribution is -2.31. The van der Waals surface area contributed by atoms with E-state index in [1.807, 2.05) is 19.9 Å². The van der Waals surface area contributed by atoms with Crippen molar-refractivity contribution in [2.45, 2.75) is 13.8 Å². The van der Waals surface area contributed by atoms with Crippen LogP contribution in [0.2, 0.25) is 0 Å². The first kappa shape index (κ1) is 14.1. The van der Waals surface area contributed by atoms with Crippen LogP contribution in [0.25, 0.3) is 11.6 Å². The normalized spacial score (nSPS) is 15.5. The van der Waals surface area contributed by atoms with E-state index in [1.165, 1.54) is 12.1 Å². The number of aromatic amines is 1. The maximum atomic E-state index is 13.5. The van der Waals surface area contributed by atoms with Crippen LogP contribution in [-0.2, 0) is 4.79 Å². The maximum absolute atomic E-state index is 13.5. The number of halogens is 1. The number of aryl methyl sites for hydroxylation is 2. The lowest BCUT2D eigenvalue weighted by atomic mass is 10.1. The van der Waals surface area contributed by atoms with E-state index >= 15 is 0 Å². The molecule has 1 aliphatic heterocycles. The van der Waals surface area contributed by atoms with E-state index in [0.29, 0.717) is 10.6 Å². The van der Waals surface area contributed by atoms with Crippen LogP contribution in [0.5, 0.6) is 0 Å². The Morgan fingerprint density at radius 2 is 2.05 bits per heavy atom. The molecule has 0 atom stereocenters. The first-order valence-electron chi connectivity index (χ1n) is 6.63. The van der Waals surface area contributed by atoms with Gasteiger partial charge in [-0.3, -0.25) is 4.79 Å². The van der Waals surface area contributed by atoms with Gasteiger partial charge in [0.2, 0.25) is 0 Å². The molecule has 0 saturated carbocycles. The molecule has 0 unspecified atom stereocenters. The summed E-state index contributed by atoms with van der Waals surface area (Å²) in [6.45, 7) is 3.75. The number of aromatic nitrogens is 1. The molecule has 0 radical (unpaired) electrons. The number of carbonyl (C=O) groups is 2. The van der Waals surface area contributed by atoms with Crippen molar-refractivity contribution in [3.8, 4) is 0 Å². The number of carboxylic acid groups (broad SMARTS) is 1. The summed E-state index contributed by atoms with van der Waals surface area (Å²) in [5.74, 6) is -1.20. The third kappa shape index (κ3) is 2.09. The van der Waals surface area contributed by atoms with E-state index in [9.17, 15) is 19.1 Å². The lowest BCUT2D eigenvalue weighted by molar-refractivity contribution is -0.112. The summed E-state index contributed by atoms with van der Waals surface area (Å²) < 4.78 is 13.5. The molecule has 112 valence electrons. The van der Waals surface area contributed by atoms with Gasteiger partial charge >= 0.3 is 6.09 Å². The second kappa shape index (κ2) is 4.84. The van der Waals surface area contributed by atoms with Gasteiger partial charge in [0.15, 0.2) is 0 Å². The van der Waals surface area contributed by atoms with E-state index in [0.717, 1.165) is 17.3 Å². The number of fused-ring (bicyclic) bond motifs is 1. The summed E-state index contributed by atoms with van der Waals surface area (Å²) in [5, 5.41) is 9.22. The standard InChI is InChI=1S/C16H13FN2O3/c1-8-5-9(2)18-13(8)7-12-11-6-10(17)3-4-14(11)19(15(12)20)16(21)22/h3-7,18H,1-2H3,(H,21,22)/b12-7-. The maximum Gasteiger partial charge on any atom is 0.419 e. The number of hydrogen-bond acceptors (Lipinski definition) is 2. The van der Waals surface area contributed by atoms with Crippen LogP contribution in [0.15, 0.2) is 24.3 Å². The van der Waals surface area contributed by atoms with Gasteiger partial charge < -0.3 is 10.1 Å². The highest BCUT2D eigenvalue weighted by Crippen LogP contribution is 2.38. The molecule has 2 heterocycles. The Bertz CT molecular complexity index is 836. The van der Waals surface area contributed by atoms with Gasteiger partial charge in [-0.05, 0) is 49.8 Å². The SMILES string of the molecule is Cc1cc(C)c(/C=C2\C(=O)N(C(=O)O)c3ccc(F)cc32)[nH]1. The van der Waals surface area contributed by atoms with Crippen molar-refractivity contribution in [1.82, 2.24) is 4.98 Å². The van der Waals surface area contributed by atoms with Crippen molar-refractivity contribution < 1.29 is 19.1 Å². The summed E-state index contributed by atoms with van der Waals surface area (Å²) in [4.78, 5) is 27.4. The summed E-state index contributed by atoms with van der Waals surface area (Å²) in [6, 6.07) is 5.51. The predicted molar refractivity (Wildman–Crippen MR) is 80.0 cm³/mol. The molecule has 0 aliphatic carbocycles. The first-order chi connectivity index (χ1) is 10.4. The van der Waals surface area contributed by atoms with Gasteiger partial charge in [-0.1, -0.05) is 0 Å². The quantitative estimate of drug-likeness (QED) is 0.793. The van der Waals surface area contributed by atoms with Gasteiger partial charge in [-0.15, -0.1) is 0 Å². The van der Waals surface area contributed by atoms with E-state index in [4.69, 9.17) is 0 Å². The number of imide groups is 1. The number of anilines is 1. The van der Waals surface area contributed by atoms with Gasteiger partial charge in [-0.25, -0.2) is 14.1 Å². The molecule has 1 aliphatic rings. The highest BCUT2D eigenvalue weighted by Gasteiger charge is 2.37. The second-order valence-electron chi connectivity index (χ2n) is 5.19. The molecule has 0 saturated heterocycles. The number of benzene rings is 1. The highest BCUT2D eigenvalue weighted by atomic mass is 19.1. The monoisotopic (exact) mass is 300 g/mol.